The number of esters is 1. The maximum atomic E-state index is 11.5. The van der Waals surface area contributed by atoms with Crippen LogP contribution in [0.5, 0.6) is 0 Å². The SMILES string of the molecule is O=C(CCCCC1CC1)OC/C=C/c1ccccc1Br. The van der Waals surface area contributed by atoms with Gasteiger partial charge in [-0.3, -0.25) is 4.79 Å². The second-order valence-electron chi connectivity index (χ2n) is 5.30. The summed E-state index contributed by atoms with van der Waals surface area (Å²) in [5, 5.41) is 0. The molecule has 1 aromatic carbocycles. The molecule has 2 nitrogen and oxygen atoms in total. The van der Waals surface area contributed by atoms with Crippen molar-refractivity contribution in [2.45, 2.75) is 38.5 Å². The van der Waals surface area contributed by atoms with Crippen molar-refractivity contribution in [1.82, 2.24) is 0 Å². The largest absolute Gasteiger partial charge is 0.461 e. The molecule has 0 unspecified atom stereocenters. The van der Waals surface area contributed by atoms with Crippen LogP contribution < -0.4 is 0 Å². The molecule has 108 valence electrons. The first-order valence-electron chi connectivity index (χ1n) is 7.32. The Bertz CT molecular complexity index is 464. The monoisotopic (exact) mass is 336 g/mol. The van der Waals surface area contributed by atoms with E-state index < -0.39 is 0 Å². The van der Waals surface area contributed by atoms with Gasteiger partial charge in [0, 0.05) is 10.9 Å². The quantitative estimate of drug-likeness (QED) is 0.494. The van der Waals surface area contributed by atoms with Gasteiger partial charge in [-0.25, -0.2) is 0 Å². The summed E-state index contributed by atoms with van der Waals surface area (Å²) in [4.78, 5) is 11.5. The molecule has 0 amide bonds. The Morgan fingerprint density at radius 2 is 2.10 bits per heavy atom. The van der Waals surface area contributed by atoms with Crippen LogP contribution in [0.3, 0.4) is 0 Å². The molecule has 20 heavy (non-hydrogen) atoms. The van der Waals surface area contributed by atoms with E-state index in [-0.39, 0.29) is 5.97 Å². The minimum absolute atomic E-state index is 0.0856. The Morgan fingerprint density at radius 3 is 2.85 bits per heavy atom. The fourth-order valence-electron chi connectivity index (χ4n) is 2.11. The van der Waals surface area contributed by atoms with E-state index in [9.17, 15) is 4.79 Å². The lowest BCUT2D eigenvalue weighted by atomic mass is 10.1. The number of carbonyl (C=O) groups is 1. The Hall–Kier alpha value is -1.09. The molecule has 1 saturated carbocycles. The summed E-state index contributed by atoms with van der Waals surface area (Å²) in [5.41, 5.74) is 1.09. The number of hydrogen-bond acceptors (Lipinski definition) is 2. The first kappa shape index (κ1) is 15.3. The first-order chi connectivity index (χ1) is 9.75. The number of carbonyl (C=O) groups excluding carboxylic acids is 1. The van der Waals surface area contributed by atoms with Gasteiger partial charge in [-0.15, -0.1) is 0 Å². The van der Waals surface area contributed by atoms with Crippen molar-refractivity contribution >= 4 is 28.0 Å². The van der Waals surface area contributed by atoms with E-state index in [1.54, 1.807) is 0 Å². The predicted octanol–water partition coefficient (Wildman–Crippen LogP) is 4.98. The second-order valence-corrected chi connectivity index (χ2v) is 6.15. The summed E-state index contributed by atoms with van der Waals surface area (Å²) < 4.78 is 6.23. The van der Waals surface area contributed by atoms with Gasteiger partial charge in [-0.1, -0.05) is 65.9 Å². The average molecular weight is 337 g/mol. The molecule has 0 heterocycles. The lowest BCUT2D eigenvalue weighted by Crippen LogP contribution is -2.04. The lowest BCUT2D eigenvalue weighted by molar-refractivity contribution is -0.142. The Morgan fingerprint density at radius 1 is 1.30 bits per heavy atom. The minimum atomic E-state index is -0.0856. The van der Waals surface area contributed by atoms with Crippen LogP contribution in [-0.4, -0.2) is 12.6 Å². The second kappa shape index (κ2) is 8.25. The third kappa shape index (κ3) is 5.91. The van der Waals surface area contributed by atoms with Gasteiger partial charge in [-0.05, 0) is 30.0 Å². The van der Waals surface area contributed by atoms with Crippen molar-refractivity contribution in [2.24, 2.45) is 5.92 Å². The van der Waals surface area contributed by atoms with Crippen LogP contribution >= 0.6 is 15.9 Å². The zero-order chi connectivity index (χ0) is 14.2. The van der Waals surface area contributed by atoms with Crippen molar-refractivity contribution in [2.75, 3.05) is 6.61 Å². The van der Waals surface area contributed by atoms with Gasteiger partial charge >= 0.3 is 5.97 Å². The Labute approximate surface area is 129 Å². The highest BCUT2D eigenvalue weighted by Gasteiger charge is 2.20. The van der Waals surface area contributed by atoms with Crippen LogP contribution in [0.1, 0.15) is 44.1 Å². The van der Waals surface area contributed by atoms with Gasteiger partial charge < -0.3 is 4.74 Å². The molecule has 0 bridgehead atoms. The molecular formula is C17H21BrO2. The van der Waals surface area contributed by atoms with Crippen LogP contribution in [0.25, 0.3) is 6.08 Å². The van der Waals surface area contributed by atoms with E-state index in [1.165, 1.54) is 19.3 Å². The van der Waals surface area contributed by atoms with E-state index >= 15 is 0 Å². The van der Waals surface area contributed by atoms with Gasteiger partial charge in [0.25, 0.3) is 0 Å². The van der Waals surface area contributed by atoms with E-state index in [0.29, 0.717) is 13.0 Å². The van der Waals surface area contributed by atoms with Gasteiger partial charge in [0.15, 0.2) is 0 Å². The highest BCUT2D eigenvalue weighted by Crippen LogP contribution is 2.33. The maximum Gasteiger partial charge on any atom is 0.306 e. The van der Waals surface area contributed by atoms with Crippen molar-refractivity contribution in [3.05, 3.63) is 40.4 Å². The van der Waals surface area contributed by atoms with Gasteiger partial charge in [0.1, 0.15) is 6.61 Å². The molecule has 0 spiro atoms. The smallest absolute Gasteiger partial charge is 0.306 e. The molecule has 2 rings (SSSR count). The number of ether oxygens (including phenoxy) is 1. The molecule has 0 aliphatic heterocycles. The highest BCUT2D eigenvalue weighted by molar-refractivity contribution is 9.10. The van der Waals surface area contributed by atoms with Gasteiger partial charge in [-0.2, -0.15) is 0 Å². The summed E-state index contributed by atoms with van der Waals surface area (Å²) in [6.45, 7) is 0.350. The number of hydrogen-bond donors (Lipinski definition) is 0. The molecule has 0 radical (unpaired) electrons. The molecule has 0 atom stereocenters. The molecule has 0 N–H and O–H groups in total. The van der Waals surface area contributed by atoms with Gasteiger partial charge in [0.2, 0.25) is 0 Å². The summed E-state index contributed by atoms with van der Waals surface area (Å²) in [6, 6.07) is 7.96. The van der Waals surface area contributed by atoms with Crippen molar-refractivity contribution in [3.63, 3.8) is 0 Å². The van der Waals surface area contributed by atoms with E-state index in [0.717, 1.165) is 28.8 Å². The highest BCUT2D eigenvalue weighted by atomic mass is 79.9. The molecule has 0 aromatic heterocycles. The molecule has 1 aromatic rings. The van der Waals surface area contributed by atoms with Crippen LogP contribution in [0.2, 0.25) is 0 Å². The third-order valence-electron chi connectivity index (χ3n) is 3.48. The van der Waals surface area contributed by atoms with E-state index in [2.05, 4.69) is 15.9 Å². The lowest BCUT2D eigenvalue weighted by Gasteiger charge is -2.02. The standard InChI is InChI=1S/C17H21BrO2/c18-16-9-3-2-7-15(16)8-5-13-20-17(19)10-4-1-6-14-11-12-14/h2-3,5,7-9,14H,1,4,6,10-13H2/b8-5+. The van der Waals surface area contributed by atoms with Gasteiger partial charge in [0.05, 0.1) is 0 Å². The number of unbranched alkanes of at least 4 members (excludes halogenated alkanes) is 1. The molecule has 1 fully saturated rings. The Balaban J connectivity index is 1.57. The van der Waals surface area contributed by atoms with Crippen LogP contribution in [0.4, 0.5) is 0 Å². The zero-order valence-corrected chi connectivity index (χ0v) is 13.3. The zero-order valence-electron chi connectivity index (χ0n) is 11.7. The number of halogens is 1. The summed E-state index contributed by atoms with van der Waals surface area (Å²) in [7, 11) is 0. The topological polar surface area (TPSA) is 26.3 Å². The molecule has 1 aliphatic rings. The normalized spacial score (nSPS) is 14.7. The minimum Gasteiger partial charge on any atom is -0.461 e. The number of rotatable bonds is 8. The van der Waals surface area contributed by atoms with Crippen molar-refractivity contribution < 1.29 is 9.53 Å². The molecular weight excluding hydrogens is 316 g/mol. The first-order valence-corrected chi connectivity index (χ1v) is 8.11. The van der Waals surface area contributed by atoms with E-state index in [1.807, 2.05) is 36.4 Å². The summed E-state index contributed by atoms with van der Waals surface area (Å²) in [6.07, 6.45) is 10.6. The molecule has 3 heteroatoms. The number of benzene rings is 1. The summed E-state index contributed by atoms with van der Waals surface area (Å²) in [5.74, 6) is 0.871. The van der Waals surface area contributed by atoms with Crippen LogP contribution in [0.15, 0.2) is 34.8 Å². The predicted molar refractivity (Wildman–Crippen MR) is 85.3 cm³/mol. The molecule has 0 saturated heterocycles. The molecule has 1 aliphatic carbocycles. The average Bonchev–Trinajstić information content (AvgIpc) is 3.26. The van der Waals surface area contributed by atoms with Crippen molar-refractivity contribution in [1.29, 1.82) is 0 Å². The fourth-order valence-corrected chi connectivity index (χ4v) is 2.52. The van der Waals surface area contributed by atoms with Crippen LogP contribution in [0, 0.1) is 5.92 Å². The van der Waals surface area contributed by atoms with Crippen LogP contribution in [-0.2, 0) is 9.53 Å². The van der Waals surface area contributed by atoms with Crippen molar-refractivity contribution in [3.8, 4) is 0 Å². The maximum absolute atomic E-state index is 11.5. The van der Waals surface area contributed by atoms with E-state index in [4.69, 9.17) is 4.74 Å². The fraction of sp³-hybridized carbons (Fsp3) is 0.471. The Kier molecular flexibility index (Phi) is 6.31. The third-order valence-corrected chi connectivity index (χ3v) is 4.21. The summed E-state index contributed by atoms with van der Waals surface area (Å²) >= 11 is 3.48.